The third-order valence-corrected chi connectivity index (χ3v) is 6.83. The summed E-state index contributed by atoms with van der Waals surface area (Å²) >= 11 is 0. The quantitative estimate of drug-likeness (QED) is 0.187. The second-order valence-electron chi connectivity index (χ2n) is 14.2. The van der Waals surface area contributed by atoms with Gasteiger partial charge in [-0.15, -0.1) is 0 Å². The van der Waals surface area contributed by atoms with Crippen molar-refractivity contribution in [2.75, 3.05) is 20.6 Å². The summed E-state index contributed by atoms with van der Waals surface area (Å²) in [6.45, 7) is 27.9. The van der Waals surface area contributed by atoms with Crippen LogP contribution in [0.2, 0.25) is 0 Å². The highest BCUT2D eigenvalue weighted by atomic mass is 16.3. The molecule has 8 nitrogen and oxygen atoms in total. The maximum absolute atomic E-state index is 11.9. The number of benzene rings is 3. The Bertz CT molecular complexity index is 2130. The highest BCUT2D eigenvalue weighted by Crippen LogP contribution is 2.18. The summed E-state index contributed by atoms with van der Waals surface area (Å²) < 4.78 is 16.1. The molecular formula is C50H76N2O6. The van der Waals surface area contributed by atoms with Gasteiger partial charge < -0.3 is 23.9 Å². The minimum atomic E-state index is 0.0371. The highest BCUT2D eigenvalue weighted by Gasteiger charge is 2.08. The summed E-state index contributed by atoms with van der Waals surface area (Å²) in [5.74, 6) is 0. The van der Waals surface area contributed by atoms with Gasteiger partial charge >= 0.3 is 0 Å². The van der Waals surface area contributed by atoms with Crippen molar-refractivity contribution in [3.8, 4) is 0 Å². The normalized spacial score (nSPS) is 9.60. The van der Waals surface area contributed by atoms with Gasteiger partial charge in [-0.2, -0.15) is 0 Å². The van der Waals surface area contributed by atoms with E-state index in [1.807, 2.05) is 62.6 Å². The van der Waals surface area contributed by atoms with E-state index < -0.39 is 0 Å². The Morgan fingerprint density at radius 1 is 0.517 bits per heavy atom. The van der Waals surface area contributed by atoms with Crippen molar-refractivity contribution >= 4 is 32.9 Å². The molecule has 0 amide bonds. The predicted molar refractivity (Wildman–Crippen MR) is 252 cm³/mol. The average Bonchev–Trinajstić information content (AvgIpc) is 3.19. The summed E-state index contributed by atoms with van der Waals surface area (Å²) in [5.41, 5.74) is 11.6. The SMILES string of the molecule is CCC.CCC.CCC.CCC.CCC.Cc1coc2c(CN(C)C)cccc2c1=O.Cc1coc2ccc(CCN)cc2c1=O.Cc1coc2ccccc2c1=O. The van der Waals surface area contributed by atoms with Crippen LogP contribution in [0.3, 0.4) is 0 Å². The minimum Gasteiger partial charge on any atom is -0.464 e. The topological polar surface area (TPSA) is 120 Å². The van der Waals surface area contributed by atoms with E-state index in [0.717, 1.165) is 24.1 Å². The summed E-state index contributed by atoms with van der Waals surface area (Å²) in [6, 6.07) is 18.6. The first-order valence-corrected chi connectivity index (χ1v) is 21.0. The summed E-state index contributed by atoms with van der Waals surface area (Å²) in [5, 5.41) is 1.96. The van der Waals surface area contributed by atoms with Gasteiger partial charge in [0.25, 0.3) is 0 Å². The maximum atomic E-state index is 11.9. The predicted octanol–water partition coefficient (Wildman–Crippen LogP) is 12.9. The maximum Gasteiger partial charge on any atom is 0.195 e. The molecule has 0 saturated carbocycles. The van der Waals surface area contributed by atoms with Crippen LogP contribution >= 0.6 is 0 Å². The van der Waals surface area contributed by atoms with E-state index >= 15 is 0 Å². The third-order valence-electron chi connectivity index (χ3n) is 6.83. The zero-order chi connectivity index (χ0) is 44.6. The molecule has 322 valence electrons. The van der Waals surface area contributed by atoms with E-state index in [9.17, 15) is 14.4 Å². The summed E-state index contributed by atoms with van der Waals surface area (Å²) in [7, 11) is 3.98. The lowest BCUT2D eigenvalue weighted by atomic mass is 10.1. The zero-order valence-electron chi connectivity index (χ0n) is 38.6. The molecule has 3 aromatic heterocycles. The Morgan fingerprint density at radius 2 is 0.931 bits per heavy atom. The molecule has 58 heavy (non-hydrogen) atoms. The standard InChI is InChI=1S/C13H15NO2.C12H13NO2.C10H8O2.5C3H8/c1-9-8-16-13-10(7-14(2)3)5-4-6-11(13)12(9)15;1-8-7-15-11-3-2-9(4-5-13)6-10(11)12(8)14;1-7-6-12-9-5-3-2-4-8(9)10(7)11;5*1-3-2/h4-6,8H,7H2,1-3H3;2-3,6-7H,4-5,13H2,1H3;2-6H,1H3;5*3H2,1-2H3. The lowest BCUT2D eigenvalue weighted by molar-refractivity contribution is 0.401. The lowest BCUT2D eigenvalue weighted by Crippen LogP contribution is -2.12. The molecule has 0 fully saturated rings. The molecule has 3 aromatic carbocycles. The van der Waals surface area contributed by atoms with Crippen LogP contribution < -0.4 is 22.0 Å². The van der Waals surface area contributed by atoms with Crippen LogP contribution in [-0.2, 0) is 13.0 Å². The fourth-order valence-corrected chi connectivity index (χ4v) is 4.55. The molecule has 2 N–H and O–H groups in total. The number of aryl methyl sites for hydroxylation is 3. The highest BCUT2D eigenvalue weighted by molar-refractivity contribution is 5.80. The molecule has 0 spiro atoms. The monoisotopic (exact) mass is 801 g/mol. The fraction of sp³-hybridized carbons (Fsp3) is 0.460. The van der Waals surface area contributed by atoms with E-state index in [4.69, 9.17) is 19.0 Å². The van der Waals surface area contributed by atoms with Crippen LogP contribution in [0, 0.1) is 20.8 Å². The molecular weight excluding hydrogens is 725 g/mol. The Hall–Kier alpha value is -4.79. The van der Waals surface area contributed by atoms with E-state index in [2.05, 4.69) is 74.1 Å². The number of nitrogens with two attached hydrogens (primary N) is 1. The number of rotatable bonds is 4. The number of hydrogen-bond acceptors (Lipinski definition) is 8. The van der Waals surface area contributed by atoms with E-state index in [1.54, 1.807) is 32.9 Å². The van der Waals surface area contributed by atoms with Gasteiger partial charge in [-0.3, -0.25) is 14.4 Å². The van der Waals surface area contributed by atoms with Gasteiger partial charge in [-0.1, -0.05) is 132 Å². The van der Waals surface area contributed by atoms with Crippen LogP contribution in [-0.4, -0.2) is 25.5 Å². The van der Waals surface area contributed by atoms with Crippen molar-refractivity contribution in [3.05, 3.63) is 138 Å². The van der Waals surface area contributed by atoms with Gasteiger partial charge in [0.1, 0.15) is 16.7 Å². The zero-order valence-corrected chi connectivity index (χ0v) is 38.6. The average molecular weight is 801 g/mol. The van der Waals surface area contributed by atoms with Crippen molar-refractivity contribution in [1.29, 1.82) is 0 Å². The Balaban J connectivity index is 0. The fourth-order valence-electron chi connectivity index (χ4n) is 4.55. The molecule has 3 heterocycles. The first-order chi connectivity index (χ1) is 27.7. The van der Waals surface area contributed by atoms with Gasteiger partial charge in [0.2, 0.25) is 0 Å². The van der Waals surface area contributed by atoms with Crippen LogP contribution in [0.1, 0.15) is 129 Å². The van der Waals surface area contributed by atoms with Gasteiger partial charge in [0, 0.05) is 28.8 Å². The van der Waals surface area contributed by atoms with Crippen LogP contribution in [0.5, 0.6) is 0 Å². The van der Waals surface area contributed by atoms with Crippen molar-refractivity contribution in [2.24, 2.45) is 5.73 Å². The molecule has 8 heteroatoms. The van der Waals surface area contributed by atoms with Crippen molar-refractivity contribution in [2.45, 2.75) is 135 Å². The minimum absolute atomic E-state index is 0.0371. The van der Waals surface area contributed by atoms with E-state index in [0.29, 0.717) is 56.1 Å². The third kappa shape index (κ3) is 20.6. The van der Waals surface area contributed by atoms with Crippen molar-refractivity contribution in [1.82, 2.24) is 4.90 Å². The molecule has 6 aromatic rings. The molecule has 0 unspecified atom stereocenters. The number of nitrogens with zero attached hydrogens (tertiary/aromatic N) is 1. The van der Waals surface area contributed by atoms with Crippen LogP contribution in [0.15, 0.2) is 107 Å². The first kappa shape index (κ1) is 55.3. The van der Waals surface area contributed by atoms with Crippen LogP contribution in [0.4, 0.5) is 0 Å². The summed E-state index contributed by atoms with van der Waals surface area (Å²) in [6.07, 6.45) is 11.5. The first-order valence-electron chi connectivity index (χ1n) is 21.0. The number of hydrogen-bond donors (Lipinski definition) is 1. The largest absolute Gasteiger partial charge is 0.464 e. The lowest BCUT2D eigenvalue weighted by Gasteiger charge is -2.11. The van der Waals surface area contributed by atoms with Gasteiger partial charge in [-0.25, -0.2) is 0 Å². The molecule has 0 saturated heterocycles. The van der Waals surface area contributed by atoms with E-state index in [1.165, 1.54) is 50.9 Å². The Morgan fingerprint density at radius 3 is 1.41 bits per heavy atom. The summed E-state index contributed by atoms with van der Waals surface area (Å²) in [4.78, 5) is 37.2. The molecule has 0 bridgehead atoms. The second kappa shape index (κ2) is 33.2. The smallest absolute Gasteiger partial charge is 0.195 e. The van der Waals surface area contributed by atoms with E-state index in [-0.39, 0.29) is 16.3 Å². The molecule has 0 aliphatic rings. The molecule has 0 aliphatic carbocycles. The molecule has 0 radical (unpaired) electrons. The van der Waals surface area contributed by atoms with Gasteiger partial charge in [0.15, 0.2) is 16.3 Å². The second-order valence-corrected chi connectivity index (χ2v) is 14.2. The number of para-hydroxylation sites is 2. The van der Waals surface area contributed by atoms with Crippen molar-refractivity contribution < 1.29 is 13.3 Å². The van der Waals surface area contributed by atoms with Crippen molar-refractivity contribution in [3.63, 3.8) is 0 Å². The van der Waals surface area contributed by atoms with Gasteiger partial charge in [-0.05, 0) is 83.7 Å². The Labute approximate surface area is 349 Å². The van der Waals surface area contributed by atoms with Crippen LogP contribution in [0.25, 0.3) is 32.9 Å². The molecule has 0 atom stereocenters. The number of fused-ring (bicyclic) bond motifs is 3. The molecule has 6 rings (SSSR count). The van der Waals surface area contributed by atoms with Gasteiger partial charge in [0.05, 0.1) is 34.9 Å². The Kier molecular flexibility index (Phi) is 31.7. The molecule has 0 aliphatic heterocycles.